The number of aldehydes is 1. The van der Waals surface area contributed by atoms with E-state index < -0.39 is 0 Å². The van der Waals surface area contributed by atoms with Gasteiger partial charge in [0, 0.05) is 17.2 Å². The Kier molecular flexibility index (Phi) is 5.14. The average Bonchev–Trinajstić information content (AvgIpc) is 2.39. The van der Waals surface area contributed by atoms with Gasteiger partial charge in [-0.25, -0.2) is 0 Å². The highest BCUT2D eigenvalue weighted by molar-refractivity contribution is 7.99. The van der Waals surface area contributed by atoms with Crippen LogP contribution in [0.4, 0.5) is 0 Å². The number of carbonyl (C=O) groups is 1. The van der Waals surface area contributed by atoms with Crippen LogP contribution in [0.25, 0.3) is 0 Å². The van der Waals surface area contributed by atoms with E-state index in [0.29, 0.717) is 0 Å². The molecule has 18 heavy (non-hydrogen) atoms. The lowest BCUT2D eigenvalue weighted by Crippen LogP contribution is -2.45. The lowest BCUT2D eigenvalue weighted by molar-refractivity contribution is -0.120. The Hall–Kier alpha value is -0.0200. The zero-order valence-electron chi connectivity index (χ0n) is 11.9. The fourth-order valence-electron chi connectivity index (χ4n) is 3.74. The topological polar surface area (TPSA) is 20.3 Å². The van der Waals surface area contributed by atoms with E-state index in [9.17, 15) is 4.79 Å². The first-order valence-corrected chi connectivity index (χ1v) is 8.68. The summed E-state index contributed by atoms with van der Waals surface area (Å²) in [7, 11) is 0. The Morgan fingerprint density at radius 2 is 2.06 bits per heavy atom. The van der Waals surface area contributed by atoms with E-state index in [1.807, 2.05) is 11.8 Å². The van der Waals surface area contributed by atoms with Gasteiger partial charge in [-0.1, -0.05) is 19.8 Å². The van der Waals surface area contributed by atoms with Gasteiger partial charge in [0.1, 0.15) is 6.29 Å². The van der Waals surface area contributed by atoms with Crippen LogP contribution in [0, 0.1) is 11.3 Å². The van der Waals surface area contributed by atoms with Crippen molar-refractivity contribution >= 4 is 18.0 Å². The Balaban J connectivity index is 1.88. The van der Waals surface area contributed by atoms with Gasteiger partial charge in [-0.05, 0) is 50.9 Å². The van der Waals surface area contributed by atoms with Crippen molar-refractivity contribution in [3.05, 3.63) is 0 Å². The third kappa shape index (κ3) is 3.51. The lowest BCUT2D eigenvalue weighted by Gasteiger charge is -2.41. The number of nitrogens with zero attached hydrogens (tertiary/aromatic N) is 1. The highest BCUT2D eigenvalue weighted by Gasteiger charge is 2.37. The summed E-state index contributed by atoms with van der Waals surface area (Å²) in [4.78, 5) is 14.1. The molecule has 1 heterocycles. The summed E-state index contributed by atoms with van der Waals surface area (Å²) >= 11 is 2.00. The molecule has 0 aromatic rings. The predicted molar refractivity (Wildman–Crippen MR) is 79.1 cm³/mol. The van der Waals surface area contributed by atoms with Gasteiger partial charge in [0.2, 0.25) is 0 Å². The van der Waals surface area contributed by atoms with E-state index >= 15 is 0 Å². The second-order valence-electron chi connectivity index (χ2n) is 6.39. The number of piperidine rings is 1. The fraction of sp³-hybridized carbons (Fsp3) is 0.933. The van der Waals surface area contributed by atoms with Crippen LogP contribution in [0.1, 0.15) is 45.4 Å². The molecule has 0 spiro atoms. The van der Waals surface area contributed by atoms with Crippen molar-refractivity contribution in [3.8, 4) is 0 Å². The molecule has 0 aromatic carbocycles. The highest BCUT2D eigenvalue weighted by atomic mass is 32.2. The molecule has 104 valence electrons. The number of rotatable bonds is 4. The van der Waals surface area contributed by atoms with E-state index in [2.05, 4.69) is 18.1 Å². The Morgan fingerprint density at radius 3 is 2.61 bits per heavy atom. The van der Waals surface area contributed by atoms with E-state index in [0.717, 1.165) is 30.6 Å². The first kappa shape index (κ1) is 14.4. The molecule has 0 N–H and O–H groups in total. The van der Waals surface area contributed by atoms with Gasteiger partial charge in [-0.2, -0.15) is 11.8 Å². The molecule has 0 aromatic heterocycles. The summed E-state index contributed by atoms with van der Waals surface area (Å²) in [5.41, 5.74) is -0.0239. The lowest BCUT2D eigenvalue weighted by atomic mass is 9.70. The van der Waals surface area contributed by atoms with Gasteiger partial charge < -0.3 is 9.69 Å². The fourth-order valence-corrected chi connectivity index (χ4v) is 4.42. The van der Waals surface area contributed by atoms with Crippen LogP contribution in [-0.2, 0) is 4.79 Å². The molecule has 2 fully saturated rings. The largest absolute Gasteiger partial charge is 0.303 e. The summed E-state index contributed by atoms with van der Waals surface area (Å²) < 4.78 is 0. The number of likely N-dealkylation sites (tertiary alicyclic amines) is 1. The highest BCUT2D eigenvalue weighted by Crippen LogP contribution is 2.39. The predicted octanol–water partition coefficient (Wildman–Crippen LogP) is 3.21. The van der Waals surface area contributed by atoms with Crippen LogP contribution in [0.15, 0.2) is 0 Å². The van der Waals surface area contributed by atoms with E-state index in [1.165, 1.54) is 45.1 Å². The second kappa shape index (κ2) is 6.42. The van der Waals surface area contributed by atoms with Gasteiger partial charge in [-0.3, -0.25) is 0 Å². The molecule has 0 amide bonds. The number of thioether (sulfide) groups is 1. The third-order valence-corrected chi connectivity index (χ3v) is 5.92. The Bertz CT molecular complexity index is 276. The summed E-state index contributed by atoms with van der Waals surface area (Å²) in [5.74, 6) is 0.729. The van der Waals surface area contributed by atoms with Crippen molar-refractivity contribution < 1.29 is 4.79 Å². The third-order valence-electron chi connectivity index (χ3n) is 4.78. The maximum atomic E-state index is 11.6. The first-order chi connectivity index (χ1) is 8.67. The van der Waals surface area contributed by atoms with Gasteiger partial charge in [0.25, 0.3) is 0 Å². The maximum absolute atomic E-state index is 11.6. The van der Waals surface area contributed by atoms with Crippen molar-refractivity contribution in [2.75, 3.05) is 25.9 Å². The minimum absolute atomic E-state index is 0.0239. The smallest absolute Gasteiger partial charge is 0.127 e. The monoisotopic (exact) mass is 269 g/mol. The van der Waals surface area contributed by atoms with Crippen LogP contribution < -0.4 is 0 Å². The van der Waals surface area contributed by atoms with Crippen LogP contribution in [-0.4, -0.2) is 42.3 Å². The Labute approximate surface area is 116 Å². The minimum Gasteiger partial charge on any atom is -0.303 e. The zero-order chi connectivity index (χ0) is 13.0. The Morgan fingerprint density at radius 1 is 1.33 bits per heavy atom. The maximum Gasteiger partial charge on any atom is 0.127 e. The summed E-state index contributed by atoms with van der Waals surface area (Å²) in [5, 5.41) is 0.846. The molecule has 2 atom stereocenters. The minimum atomic E-state index is -0.0239. The average molecular weight is 269 g/mol. The van der Waals surface area contributed by atoms with Crippen molar-refractivity contribution in [2.24, 2.45) is 11.3 Å². The van der Waals surface area contributed by atoms with Crippen LogP contribution in [0.2, 0.25) is 0 Å². The van der Waals surface area contributed by atoms with Crippen LogP contribution >= 0.6 is 11.8 Å². The van der Waals surface area contributed by atoms with E-state index in [4.69, 9.17) is 0 Å². The van der Waals surface area contributed by atoms with E-state index in [1.54, 1.807) is 0 Å². The molecule has 1 saturated heterocycles. The molecule has 0 bridgehead atoms. The molecule has 2 unspecified atom stereocenters. The first-order valence-electron chi connectivity index (χ1n) is 7.39. The molecule has 1 aliphatic heterocycles. The molecular weight excluding hydrogens is 242 g/mol. The molecule has 2 nitrogen and oxygen atoms in total. The van der Waals surface area contributed by atoms with Gasteiger partial charge in [-0.15, -0.1) is 0 Å². The summed E-state index contributed by atoms with van der Waals surface area (Å²) in [6.07, 6.45) is 10.9. The molecule has 3 heteroatoms. The van der Waals surface area contributed by atoms with E-state index in [-0.39, 0.29) is 5.41 Å². The molecule has 1 saturated carbocycles. The second-order valence-corrected chi connectivity index (χ2v) is 7.53. The number of hydrogen-bond acceptors (Lipinski definition) is 3. The molecule has 1 aliphatic carbocycles. The molecule has 2 aliphatic rings. The van der Waals surface area contributed by atoms with Crippen molar-refractivity contribution in [1.29, 1.82) is 0 Å². The normalized spacial score (nSPS) is 35.6. The molecule has 0 radical (unpaired) electrons. The van der Waals surface area contributed by atoms with Gasteiger partial charge >= 0.3 is 0 Å². The summed E-state index contributed by atoms with van der Waals surface area (Å²) in [6.45, 7) is 5.70. The van der Waals surface area contributed by atoms with Crippen molar-refractivity contribution in [3.63, 3.8) is 0 Å². The summed E-state index contributed by atoms with van der Waals surface area (Å²) in [6, 6.07) is 0. The molecule has 2 rings (SSSR count). The number of carbonyl (C=O) groups excluding carboxylic acids is 1. The van der Waals surface area contributed by atoms with Crippen LogP contribution in [0.3, 0.4) is 0 Å². The van der Waals surface area contributed by atoms with Crippen LogP contribution in [0.5, 0.6) is 0 Å². The van der Waals surface area contributed by atoms with Crippen molar-refractivity contribution in [1.82, 2.24) is 4.90 Å². The van der Waals surface area contributed by atoms with Gasteiger partial charge in [0.15, 0.2) is 0 Å². The standard InChI is InChI=1S/C15H27NOS/c1-13-4-3-7-15(10-13,12-17)11-16-8-5-14(18-2)6-9-16/h12-14H,3-11H2,1-2H3. The quantitative estimate of drug-likeness (QED) is 0.731. The SMILES string of the molecule is CSC1CCN(CC2(C=O)CCCC(C)C2)CC1. The number of hydrogen-bond donors (Lipinski definition) is 0. The van der Waals surface area contributed by atoms with Gasteiger partial charge in [0.05, 0.1) is 0 Å². The zero-order valence-corrected chi connectivity index (χ0v) is 12.7. The molecular formula is C15H27NOS. The van der Waals surface area contributed by atoms with Crippen molar-refractivity contribution in [2.45, 2.75) is 50.7 Å².